The lowest BCUT2D eigenvalue weighted by atomic mass is 9.87. The SMILES string of the molecule is Cc1cccc(-c2cccc(-c3ccc(-c4cc(-c5nc(-c6ccccc6)nc(-c6ccccc6)n5)cc(-c5cc6cccc7ccc8cccc5c8c76)c4)cc3)c2)n1. The predicted molar refractivity (Wildman–Crippen MR) is 244 cm³/mol. The second-order valence-corrected chi connectivity index (χ2v) is 15.1. The van der Waals surface area contributed by atoms with Crippen LogP contribution in [0.4, 0.5) is 0 Å². The summed E-state index contributed by atoms with van der Waals surface area (Å²) in [6, 6.07) is 70.8. The second kappa shape index (κ2) is 14.3. The van der Waals surface area contributed by atoms with Gasteiger partial charge in [0.1, 0.15) is 0 Å². The second-order valence-electron chi connectivity index (χ2n) is 15.1. The molecule has 0 fully saturated rings. The van der Waals surface area contributed by atoms with Crippen molar-refractivity contribution in [2.24, 2.45) is 0 Å². The van der Waals surface area contributed by atoms with E-state index < -0.39 is 0 Å². The van der Waals surface area contributed by atoms with Gasteiger partial charge in [0.15, 0.2) is 17.5 Å². The molecule has 9 aromatic carbocycles. The Balaban J connectivity index is 1.11. The van der Waals surface area contributed by atoms with E-state index >= 15 is 0 Å². The third-order valence-electron chi connectivity index (χ3n) is 11.3. The minimum atomic E-state index is 0.621. The maximum absolute atomic E-state index is 5.17. The van der Waals surface area contributed by atoms with Gasteiger partial charge in [-0.3, -0.25) is 4.98 Å². The zero-order valence-corrected chi connectivity index (χ0v) is 32.3. The Bertz CT molecular complexity index is 3260. The highest BCUT2D eigenvalue weighted by Crippen LogP contribution is 2.42. The molecule has 0 amide bonds. The van der Waals surface area contributed by atoms with Crippen LogP contribution in [0.25, 0.3) is 111 Å². The minimum Gasteiger partial charge on any atom is -0.253 e. The average molecular weight is 753 g/mol. The summed E-state index contributed by atoms with van der Waals surface area (Å²) in [7, 11) is 0. The van der Waals surface area contributed by atoms with Gasteiger partial charge in [-0.2, -0.15) is 0 Å². The molecule has 0 atom stereocenters. The Labute approximate surface area is 342 Å². The summed E-state index contributed by atoms with van der Waals surface area (Å²) in [5, 5.41) is 7.52. The molecular weight excluding hydrogens is 717 g/mol. The number of aromatic nitrogens is 4. The summed E-state index contributed by atoms with van der Waals surface area (Å²) in [5.41, 5.74) is 12.6. The summed E-state index contributed by atoms with van der Waals surface area (Å²) < 4.78 is 0. The van der Waals surface area contributed by atoms with Crippen molar-refractivity contribution in [1.82, 2.24) is 19.9 Å². The first kappa shape index (κ1) is 34.4. The fourth-order valence-corrected chi connectivity index (χ4v) is 8.43. The van der Waals surface area contributed by atoms with E-state index in [-0.39, 0.29) is 0 Å². The standard InChI is InChI=1S/C55H36N4/c1-35-12-8-23-50(56-35)43-20-10-19-42(30-43)36-24-26-37(27-25-36)45-31-46(49-34-44-21-9-17-38-28-29-39-18-11-22-48(49)52(39)51(38)44)33-47(32-45)55-58-53(40-13-4-2-5-14-40)57-54(59-55)41-15-6-3-7-16-41/h2-34H,1H3. The molecule has 0 unspecified atom stereocenters. The van der Waals surface area contributed by atoms with E-state index in [1.165, 1.54) is 37.9 Å². The third-order valence-corrected chi connectivity index (χ3v) is 11.3. The molecule has 4 heteroatoms. The van der Waals surface area contributed by atoms with Crippen LogP contribution in [0.3, 0.4) is 0 Å². The molecular formula is C55H36N4. The highest BCUT2D eigenvalue weighted by atomic mass is 15.0. The van der Waals surface area contributed by atoms with Gasteiger partial charge in [0.25, 0.3) is 0 Å². The molecule has 0 aliphatic heterocycles. The van der Waals surface area contributed by atoms with Crippen LogP contribution >= 0.6 is 0 Å². The molecule has 11 rings (SSSR count). The fourth-order valence-electron chi connectivity index (χ4n) is 8.43. The molecule has 2 aromatic heterocycles. The lowest BCUT2D eigenvalue weighted by Gasteiger charge is -2.17. The molecule has 0 bridgehead atoms. The molecule has 4 nitrogen and oxygen atoms in total. The van der Waals surface area contributed by atoms with E-state index in [2.05, 4.69) is 158 Å². The van der Waals surface area contributed by atoms with Gasteiger partial charge in [0, 0.05) is 27.9 Å². The summed E-state index contributed by atoms with van der Waals surface area (Å²) in [6.45, 7) is 2.03. The maximum atomic E-state index is 5.17. The first-order valence-electron chi connectivity index (χ1n) is 20.0. The molecule has 0 saturated carbocycles. The van der Waals surface area contributed by atoms with Gasteiger partial charge in [-0.15, -0.1) is 0 Å². The quantitative estimate of drug-likeness (QED) is 0.152. The Kier molecular flexibility index (Phi) is 8.34. The van der Waals surface area contributed by atoms with Crippen molar-refractivity contribution in [1.29, 1.82) is 0 Å². The van der Waals surface area contributed by atoms with E-state index in [1.54, 1.807) is 0 Å². The van der Waals surface area contributed by atoms with Crippen molar-refractivity contribution in [3.05, 3.63) is 206 Å². The number of rotatable bonds is 7. The van der Waals surface area contributed by atoms with Crippen molar-refractivity contribution in [3.63, 3.8) is 0 Å². The van der Waals surface area contributed by atoms with E-state index in [9.17, 15) is 0 Å². The molecule has 0 radical (unpaired) electrons. The Hall–Kier alpha value is -7.82. The van der Waals surface area contributed by atoms with Crippen molar-refractivity contribution in [2.45, 2.75) is 6.92 Å². The van der Waals surface area contributed by atoms with Gasteiger partial charge in [0.05, 0.1) is 5.69 Å². The van der Waals surface area contributed by atoms with Crippen LogP contribution in [0.15, 0.2) is 200 Å². The Morgan fingerprint density at radius 3 is 1.49 bits per heavy atom. The number of aryl methyl sites for hydroxylation is 1. The number of nitrogens with zero attached hydrogens (tertiary/aromatic N) is 4. The summed E-state index contributed by atoms with van der Waals surface area (Å²) in [6.07, 6.45) is 0. The number of benzene rings is 9. The third kappa shape index (κ3) is 6.37. The molecule has 0 N–H and O–H groups in total. The smallest absolute Gasteiger partial charge is 0.164 e. The highest BCUT2D eigenvalue weighted by molar-refractivity contribution is 6.26. The molecule has 0 aliphatic rings. The predicted octanol–water partition coefficient (Wildman–Crippen LogP) is 14.1. The fraction of sp³-hybridized carbons (Fsp3) is 0.0182. The Morgan fingerprint density at radius 2 is 0.797 bits per heavy atom. The van der Waals surface area contributed by atoms with E-state index in [0.29, 0.717) is 17.5 Å². The van der Waals surface area contributed by atoms with Gasteiger partial charge < -0.3 is 0 Å². The van der Waals surface area contributed by atoms with Crippen LogP contribution in [0, 0.1) is 6.92 Å². The van der Waals surface area contributed by atoms with Crippen LogP contribution < -0.4 is 0 Å². The summed E-state index contributed by atoms with van der Waals surface area (Å²) >= 11 is 0. The monoisotopic (exact) mass is 752 g/mol. The van der Waals surface area contributed by atoms with Gasteiger partial charge >= 0.3 is 0 Å². The molecule has 0 saturated heterocycles. The lowest BCUT2D eigenvalue weighted by molar-refractivity contribution is 1.07. The highest BCUT2D eigenvalue weighted by Gasteiger charge is 2.18. The number of hydrogen-bond donors (Lipinski definition) is 0. The van der Waals surface area contributed by atoms with E-state index in [4.69, 9.17) is 19.9 Å². The summed E-state index contributed by atoms with van der Waals surface area (Å²) in [5.74, 6) is 1.89. The normalized spacial score (nSPS) is 11.5. The van der Waals surface area contributed by atoms with Crippen LogP contribution in [-0.4, -0.2) is 19.9 Å². The van der Waals surface area contributed by atoms with Gasteiger partial charge in [-0.1, -0.05) is 158 Å². The average Bonchev–Trinajstić information content (AvgIpc) is 3.31. The van der Waals surface area contributed by atoms with Crippen LogP contribution in [0.5, 0.6) is 0 Å². The number of pyridine rings is 1. The molecule has 2 heterocycles. The topological polar surface area (TPSA) is 51.6 Å². The van der Waals surface area contributed by atoms with Crippen molar-refractivity contribution in [2.75, 3.05) is 0 Å². The minimum absolute atomic E-state index is 0.621. The first-order valence-corrected chi connectivity index (χ1v) is 20.0. The lowest BCUT2D eigenvalue weighted by Crippen LogP contribution is -2.00. The molecule has 59 heavy (non-hydrogen) atoms. The van der Waals surface area contributed by atoms with Crippen molar-refractivity contribution in [3.8, 4) is 78.8 Å². The maximum Gasteiger partial charge on any atom is 0.164 e. The van der Waals surface area contributed by atoms with Gasteiger partial charge in [-0.25, -0.2) is 15.0 Å². The van der Waals surface area contributed by atoms with Gasteiger partial charge in [0.2, 0.25) is 0 Å². The summed E-state index contributed by atoms with van der Waals surface area (Å²) in [4.78, 5) is 20.1. The molecule has 276 valence electrons. The van der Waals surface area contributed by atoms with Crippen molar-refractivity contribution >= 4 is 32.3 Å². The van der Waals surface area contributed by atoms with Crippen LogP contribution in [0.2, 0.25) is 0 Å². The Morgan fingerprint density at radius 1 is 0.288 bits per heavy atom. The van der Waals surface area contributed by atoms with E-state index in [1.807, 2.05) is 49.4 Å². The molecule has 0 spiro atoms. The largest absolute Gasteiger partial charge is 0.253 e. The van der Waals surface area contributed by atoms with Crippen molar-refractivity contribution < 1.29 is 0 Å². The van der Waals surface area contributed by atoms with Gasteiger partial charge in [-0.05, 0) is 115 Å². The van der Waals surface area contributed by atoms with E-state index in [0.717, 1.165) is 61.5 Å². The zero-order valence-electron chi connectivity index (χ0n) is 32.3. The van der Waals surface area contributed by atoms with Crippen LogP contribution in [0.1, 0.15) is 5.69 Å². The molecule has 0 aliphatic carbocycles. The molecule has 11 aromatic rings. The number of hydrogen-bond acceptors (Lipinski definition) is 4. The van der Waals surface area contributed by atoms with Crippen LogP contribution in [-0.2, 0) is 0 Å². The zero-order chi connectivity index (χ0) is 39.3. The first-order chi connectivity index (χ1) is 29.1.